The Morgan fingerprint density at radius 1 is 1.18 bits per heavy atom. The molecule has 3 N–H and O–H groups in total. The molecule has 0 aliphatic heterocycles. The second-order valence-corrected chi connectivity index (χ2v) is 5.81. The first-order chi connectivity index (χ1) is 10.5. The number of methoxy groups -OCH3 is 2. The van der Waals surface area contributed by atoms with Gasteiger partial charge < -0.3 is 14.5 Å². The molecule has 0 atom stereocenters. The summed E-state index contributed by atoms with van der Waals surface area (Å²) in [5.74, 6) is -0.144. The van der Waals surface area contributed by atoms with Gasteiger partial charge >= 0.3 is 0 Å². The van der Waals surface area contributed by atoms with Crippen LogP contribution in [0, 0.1) is 0 Å². The summed E-state index contributed by atoms with van der Waals surface area (Å²) in [6, 6.07) is 7.45. The van der Waals surface area contributed by atoms with Crippen molar-refractivity contribution in [3.63, 3.8) is 0 Å². The number of amides is 1. The van der Waals surface area contributed by atoms with Gasteiger partial charge in [0.15, 0.2) is 0 Å². The van der Waals surface area contributed by atoms with Gasteiger partial charge in [-0.1, -0.05) is 0 Å². The molecule has 0 saturated carbocycles. The van der Waals surface area contributed by atoms with Crippen molar-refractivity contribution in [3.8, 4) is 11.5 Å². The zero-order valence-corrected chi connectivity index (χ0v) is 12.7. The minimum Gasteiger partial charge on any atom is -0.497 e. The largest absolute Gasteiger partial charge is 0.497 e. The SMILES string of the molecule is COc1ccc(OC)c(S(=O)(=O)NNC(=O)c2ccc[nH]2)c1. The van der Waals surface area contributed by atoms with Crippen LogP contribution in [0.4, 0.5) is 0 Å². The molecule has 0 spiro atoms. The third-order valence-electron chi connectivity index (χ3n) is 2.80. The second kappa shape index (κ2) is 6.50. The molecule has 2 rings (SSSR count). The first kappa shape index (κ1) is 15.9. The minimum atomic E-state index is -4.02. The Bertz CT molecular complexity index is 756. The number of hydrazine groups is 1. The zero-order valence-electron chi connectivity index (χ0n) is 11.9. The molecule has 0 saturated heterocycles. The van der Waals surface area contributed by atoms with Crippen LogP contribution >= 0.6 is 0 Å². The van der Waals surface area contributed by atoms with E-state index >= 15 is 0 Å². The van der Waals surface area contributed by atoms with Gasteiger partial charge in [-0.2, -0.15) is 0 Å². The van der Waals surface area contributed by atoms with Crippen molar-refractivity contribution < 1.29 is 22.7 Å². The fourth-order valence-corrected chi connectivity index (χ4v) is 2.73. The molecule has 1 aromatic heterocycles. The molecule has 2 aromatic rings. The van der Waals surface area contributed by atoms with Crippen LogP contribution in [0.25, 0.3) is 0 Å². The number of aromatic amines is 1. The predicted octanol–water partition coefficient (Wildman–Crippen LogP) is 0.655. The molecule has 8 nitrogen and oxygen atoms in total. The summed E-state index contributed by atoms with van der Waals surface area (Å²) in [5.41, 5.74) is 2.33. The van der Waals surface area contributed by atoms with Crippen LogP contribution in [0.1, 0.15) is 10.5 Å². The first-order valence-electron chi connectivity index (χ1n) is 6.15. The molecule has 0 fully saturated rings. The summed E-state index contributed by atoms with van der Waals surface area (Å²) >= 11 is 0. The Morgan fingerprint density at radius 2 is 1.95 bits per heavy atom. The van der Waals surface area contributed by atoms with Crippen LogP contribution in [-0.4, -0.2) is 33.5 Å². The molecular formula is C13H15N3O5S. The van der Waals surface area contributed by atoms with Crippen molar-refractivity contribution in [2.24, 2.45) is 0 Å². The highest BCUT2D eigenvalue weighted by molar-refractivity contribution is 7.89. The average molecular weight is 325 g/mol. The highest BCUT2D eigenvalue weighted by Crippen LogP contribution is 2.27. The summed E-state index contributed by atoms with van der Waals surface area (Å²) in [4.78, 5) is 16.3. The molecule has 0 aliphatic carbocycles. The summed E-state index contributed by atoms with van der Waals surface area (Å²) in [7, 11) is -1.26. The van der Waals surface area contributed by atoms with E-state index in [1.165, 1.54) is 32.4 Å². The van der Waals surface area contributed by atoms with Gasteiger partial charge in [-0.3, -0.25) is 10.2 Å². The number of hydrogen-bond donors (Lipinski definition) is 3. The fraction of sp³-hybridized carbons (Fsp3) is 0.154. The molecule has 0 radical (unpaired) electrons. The fourth-order valence-electron chi connectivity index (χ4n) is 1.70. The normalized spacial score (nSPS) is 11.0. The molecular weight excluding hydrogens is 310 g/mol. The van der Waals surface area contributed by atoms with E-state index in [1.54, 1.807) is 18.3 Å². The Hall–Kier alpha value is -2.52. The number of sulfonamides is 1. The molecule has 0 bridgehead atoms. The van der Waals surface area contributed by atoms with E-state index in [-0.39, 0.29) is 16.3 Å². The van der Waals surface area contributed by atoms with Crippen molar-refractivity contribution in [2.75, 3.05) is 14.2 Å². The number of rotatable bonds is 6. The number of hydrogen-bond acceptors (Lipinski definition) is 5. The first-order valence-corrected chi connectivity index (χ1v) is 7.64. The maximum absolute atomic E-state index is 12.3. The van der Waals surface area contributed by atoms with Gasteiger partial charge in [-0.05, 0) is 24.3 Å². The van der Waals surface area contributed by atoms with E-state index < -0.39 is 15.9 Å². The highest BCUT2D eigenvalue weighted by atomic mass is 32.2. The van der Waals surface area contributed by atoms with Gasteiger partial charge in [0.25, 0.3) is 15.9 Å². The number of carbonyl (C=O) groups is 1. The quantitative estimate of drug-likeness (QED) is 0.676. The summed E-state index contributed by atoms with van der Waals surface area (Å²) in [6.45, 7) is 0. The number of ether oxygens (including phenoxy) is 2. The predicted molar refractivity (Wildman–Crippen MR) is 78.1 cm³/mol. The monoisotopic (exact) mass is 325 g/mol. The Labute approximate surface area is 127 Å². The average Bonchev–Trinajstić information content (AvgIpc) is 3.06. The van der Waals surface area contributed by atoms with Gasteiger partial charge in [0.1, 0.15) is 22.1 Å². The maximum atomic E-state index is 12.3. The van der Waals surface area contributed by atoms with Crippen molar-refractivity contribution in [1.82, 2.24) is 15.2 Å². The topological polar surface area (TPSA) is 110 Å². The van der Waals surface area contributed by atoms with Crippen molar-refractivity contribution >= 4 is 15.9 Å². The molecule has 0 aliphatic rings. The lowest BCUT2D eigenvalue weighted by atomic mass is 10.3. The molecule has 22 heavy (non-hydrogen) atoms. The van der Waals surface area contributed by atoms with Gasteiger partial charge in [-0.15, -0.1) is 4.83 Å². The maximum Gasteiger partial charge on any atom is 0.282 e. The molecule has 1 aromatic carbocycles. The number of aromatic nitrogens is 1. The lowest BCUT2D eigenvalue weighted by Crippen LogP contribution is -2.41. The van der Waals surface area contributed by atoms with Gasteiger partial charge in [0.2, 0.25) is 0 Å². The highest BCUT2D eigenvalue weighted by Gasteiger charge is 2.21. The van der Waals surface area contributed by atoms with E-state index in [2.05, 4.69) is 10.4 Å². The lowest BCUT2D eigenvalue weighted by molar-refractivity contribution is 0.0940. The Balaban J connectivity index is 2.21. The van der Waals surface area contributed by atoms with Crippen LogP contribution in [0.5, 0.6) is 11.5 Å². The van der Waals surface area contributed by atoms with Crippen LogP contribution in [0.3, 0.4) is 0 Å². The second-order valence-electron chi connectivity index (χ2n) is 4.16. The van der Waals surface area contributed by atoms with E-state index in [1.807, 2.05) is 4.83 Å². The standard InChI is InChI=1S/C13H15N3O5S/c1-20-9-5-6-11(21-2)12(8-9)22(18,19)16-15-13(17)10-4-3-7-14-10/h3-8,14,16H,1-2H3,(H,15,17). The van der Waals surface area contributed by atoms with Crippen LogP contribution in [-0.2, 0) is 10.0 Å². The van der Waals surface area contributed by atoms with Gasteiger partial charge in [-0.25, -0.2) is 8.42 Å². The van der Waals surface area contributed by atoms with E-state index in [0.29, 0.717) is 5.75 Å². The van der Waals surface area contributed by atoms with E-state index in [4.69, 9.17) is 9.47 Å². The number of nitrogens with one attached hydrogen (secondary N) is 3. The van der Waals surface area contributed by atoms with Gasteiger partial charge in [0, 0.05) is 12.3 Å². The van der Waals surface area contributed by atoms with Crippen LogP contribution < -0.4 is 19.7 Å². The van der Waals surface area contributed by atoms with E-state index in [0.717, 1.165) is 0 Å². The number of benzene rings is 1. The molecule has 0 unspecified atom stereocenters. The molecule has 1 amide bonds. The smallest absolute Gasteiger partial charge is 0.282 e. The van der Waals surface area contributed by atoms with E-state index in [9.17, 15) is 13.2 Å². The molecule has 9 heteroatoms. The third-order valence-corrected chi connectivity index (χ3v) is 4.07. The summed E-state index contributed by atoms with van der Waals surface area (Å²) in [5, 5.41) is 0. The molecule has 118 valence electrons. The van der Waals surface area contributed by atoms with Crippen molar-refractivity contribution in [2.45, 2.75) is 4.90 Å². The zero-order chi connectivity index (χ0) is 16.2. The third kappa shape index (κ3) is 3.38. The summed E-state index contributed by atoms with van der Waals surface area (Å²) < 4.78 is 34.6. The molecule has 1 heterocycles. The number of carbonyl (C=O) groups excluding carboxylic acids is 1. The van der Waals surface area contributed by atoms with Crippen LogP contribution in [0.15, 0.2) is 41.4 Å². The van der Waals surface area contributed by atoms with Crippen molar-refractivity contribution in [1.29, 1.82) is 0 Å². The van der Waals surface area contributed by atoms with Gasteiger partial charge in [0.05, 0.1) is 14.2 Å². The van der Waals surface area contributed by atoms with Crippen molar-refractivity contribution in [3.05, 3.63) is 42.2 Å². The lowest BCUT2D eigenvalue weighted by Gasteiger charge is -2.12. The minimum absolute atomic E-state index is 0.127. The summed E-state index contributed by atoms with van der Waals surface area (Å²) in [6.07, 6.45) is 1.55. The van der Waals surface area contributed by atoms with Crippen LogP contribution in [0.2, 0.25) is 0 Å². The Kier molecular flexibility index (Phi) is 4.68. The number of H-pyrrole nitrogens is 1. The Morgan fingerprint density at radius 3 is 2.55 bits per heavy atom.